The maximum absolute atomic E-state index is 12.3. The maximum Gasteiger partial charge on any atom is 0.311 e. The van der Waals surface area contributed by atoms with Crippen molar-refractivity contribution in [3.63, 3.8) is 0 Å². The van der Waals surface area contributed by atoms with Gasteiger partial charge in [-0.2, -0.15) is 0 Å². The van der Waals surface area contributed by atoms with Crippen molar-refractivity contribution in [2.24, 2.45) is 0 Å². The van der Waals surface area contributed by atoms with Gasteiger partial charge < -0.3 is 14.5 Å². The minimum Gasteiger partial charge on any atom is -0.427 e. The normalized spacial score (nSPS) is 18.1. The van der Waals surface area contributed by atoms with Crippen molar-refractivity contribution in [1.29, 1.82) is 0 Å². The van der Waals surface area contributed by atoms with Crippen molar-refractivity contribution in [2.45, 2.75) is 109 Å². The van der Waals surface area contributed by atoms with Crippen LogP contribution in [0.3, 0.4) is 0 Å². The smallest absolute Gasteiger partial charge is 0.311 e. The number of allylic oxidation sites excluding steroid dienone is 4. The molecule has 0 aromatic heterocycles. The van der Waals surface area contributed by atoms with Gasteiger partial charge in [0.25, 0.3) is 0 Å². The van der Waals surface area contributed by atoms with Gasteiger partial charge in [-0.1, -0.05) is 63.3 Å². The second-order valence-corrected chi connectivity index (χ2v) is 10.7. The number of hydrogen-bond donors (Lipinski definition) is 0. The van der Waals surface area contributed by atoms with E-state index < -0.39 is 0 Å². The fourth-order valence-electron chi connectivity index (χ4n) is 5.43. The molecule has 200 valence electrons. The number of carbonyl (C=O) groups excluding carboxylic acids is 1. The number of rotatable bonds is 17. The lowest BCUT2D eigenvalue weighted by atomic mass is 10.1. The van der Waals surface area contributed by atoms with E-state index in [-0.39, 0.29) is 5.97 Å². The van der Waals surface area contributed by atoms with E-state index >= 15 is 0 Å². The van der Waals surface area contributed by atoms with Crippen LogP contribution in [0.15, 0.2) is 42.5 Å². The van der Waals surface area contributed by atoms with Gasteiger partial charge in [0.2, 0.25) is 0 Å². The van der Waals surface area contributed by atoms with E-state index in [1.165, 1.54) is 82.0 Å². The molecule has 3 rings (SSSR count). The number of fused-ring (bicyclic) bond motifs is 1. The molecule has 2 heterocycles. The van der Waals surface area contributed by atoms with Gasteiger partial charge in [0, 0.05) is 31.2 Å². The van der Waals surface area contributed by atoms with E-state index in [2.05, 4.69) is 60.2 Å². The lowest BCUT2D eigenvalue weighted by molar-refractivity contribution is -0.134. The molecule has 0 radical (unpaired) electrons. The summed E-state index contributed by atoms with van der Waals surface area (Å²) in [6.45, 7) is 5.65. The zero-order valence-electron chi connectivity index (χ0n) is 23.1. The van der Waals surface area contributed by atoms with Crippen molar-refractivity contribution in [1.82, 2.24) is 4.90 Å². The Balaban J connectivity index is 1.21. The third-order valence-corrected chi connectivity index (χ3v) is 7.71. The highest BCUT2D eigenvalue weighted by atomic mass is 16.5. The zero-order chi connectivity index (χ0) is 25.4. The predicted octanol–water partition coefficient (Wildman–Crippen LogP) is 7.86. The first-order valence-electron chi connectivity index (χ1n) is 14.8. The number of ether oxygens (including phenoxy) is 1. The largest absolute Gasteiger partial charge is 0.427 e. The number of unbranched alkanes of at least 4 members (excludes halogenated alkanes) is 8. The van der Waals surface area contributed by atoms with Gasteiger partial charge in [0.1, 0.15) is 5.75 Å². The third-order valence-electron chi connectivity index (χ3n) is 7.71. The molecule has 0 bridgehead atoms. The lowest BCUT2D eigenvalue weighted by Crippen LogP contribution is -2.37. The van der Waals surface area contributed by atoms with Gasteiger partial charge in [0.05, 0.1) is 0 Å². The van der Waals surface area contributed by atoms with Crippen LogP contribution in [0.2, 0.25) is 0 Å². The molecular formula is C32H50N2O2. The fourth-order valence-corrected chi connectivity index (χ4v) is 5.43. The Labute approximate surface area is 220 Å². The van der Waals surface area contributed by atoms with E-state index in [9.17, 15) is 4.79 Å². The van der Waals surface area contributed by atoms with Crippen molar-refractivity contribution >= 4 is 11.7 Å². The van der Waals surface area contributed by atoms with Crippen LogP contribution in [-0.2, 0) is 11.2 Å². The molecule has 1 aromatic rings. The predicted molar refractivity (Wildman–Crippen MR) is 153 cm³/mol. The monoisotopic (exact) mass is 494 g/mol. The summed E-state index contributed by atoms with van der Waals surface area (Å²) in [4.78, 5) is 17.3. The standard InChI is InChI=1S/C32H50N2O2/c1-3-4-5-6-7-8-9-10-11-12-13-14-15-16-17-20-32(35)36-30-21-22-31-28(26-30)23-25-34(31)27-29-19-18-24-33(29)2/h7-8,10-11,21-22,26,29H,3-6,9,12-20,23-25,27H2,1-2H3/b8-7-,11-10-/t29-/m0/s1. The Kier molecular flexibility index (Phi) is 13.2. The number of anilines is 1. The van der Waals surface area contributed by atoms with Crippen molar-refractivity contribution < 1.29 is 9.53 Å². The Bertz CT molecular complexity index is 831. The molecule has 36 heavy (non-hydrogen) atoms. The SMILES string of the molecule is CCCCC/C=C\C/C=C\CCCCCCCC(=O)Oc1ccc2c(c1)CCN2C[C@@H]1CCCN1C. The third kappa shape index (κ3) is 10.1. The number of likely N-dealkylation sites (N-methyl/N-ethyl adjacent to an activating group) is 1. The molecule has 4 nitrogen and oxygen atoms in total. The van der Waals surface area contributed by atoms with Crippen molar-refractivity contribution in [2.75, 3.05) is 31.6 Å². The molecule has 0 saturated carbocycles. The Hall–Kier alpha value is -2.07. The zero-order valence-corrected chi connectivity index (χ0v) is 23.1. The molecule has 0 unspecified atom stereocenters. The number of nitrogens with zero attached hydrogens (tertiary/aromatic N) is 2. The van der Waals surface area contributed by atoms with Crippen LogP contribution in [-0.4, -0.2) is 43.6 Å². The summed E-state index contributed by atoms with van der Waals surface area (Å²) in [5.41, 5.74) is 2.64. The number of benzene rings is 1. The average Bonchev–Trinajstić information content (AvgIpc) is 3.47. The molecule has 0 amide bonds. The second kappa shape index (κ2) is 16.6. The van der Waals surface area contributed by atoms with Crippen LogP contribution in [0.5, 0.6) is 5.75 Å². The van der Waals surface area contributed by atoms with Crippen molar-refractivity contribution in [3.8, 4) is 5.75 Å². The van der Waals surface area contributed by atoms with Gasteiger partial charge in [0.15, 0.2) is 0 Å². The molecule has 4 heteroatoms. The van der Waals surface area contributed by atoms with E-state index in [4.69, 9.17) is 4.74 Å². The number of carbonyl (C=O) groups is 1. The van der Waals surface area contributed by atoms with E-state index in [0.717, 1.165) is 38.8 Å². The van der Waals surface area contributed by atoms with Crippen LogP contribution < -0.4 is 9.64 Å². The first-order chi connectivity index (χ1) is 17.7. The fraction of sp³-hybridized carbons (Fsp3) is 0.656. The Morgan fingerprint density at radius 3 is 2.47 bits per heavy atom. The summed E-state index contributed by atoms with van der Waals surface area (Å²) >= 11 is 0. The number of esters is 1. The van der Waals surface area contributed by atoms with Gasteiger partial charge in [-0.05, 0) is 95.1 Å². The number of likely N-dealkylation sites (tertiary alicyclic amines) is 1. The highest BCUT2D eigenvalue weighted by Crippen LogP contribution is 2.32. The summed E-state index contributed by atoms with van der Waals surface area (Å²) in [5.74, 6) is 0.615. The Morgan fingerprint density at radius 1 is 0.972 bits per heavy atom. The topological polar surface area (TPSA) is 32.8 Å². The van der Waals surface area contributed by atoms with Gasteiger partial charge in [-0.3, -0.25) is 4.79 Å². The molecular weight excluding hydrogens is 444 g/mol. The average molecular weight is 495 g/mol. The first-order valence-corrected chi connectivity index (χ1v) is 14.8. The summed E-state index contributed by atoms with van der Waals surface area (Å²) in [6, 6.07) is 6.88. The highest BCUT2D eigenvalue weighted by molar-refractivity contribution is 5.73. The molecule has 1 aromatic carbocycles. The molecule has 0 N–H and O–H groups in total. The summed E-state index contributed by atoms with van der Waals surface area (Å²) in [6.07, 6.45) is 26.5. The first kappa shape index (κ1) is 28.5. The maximum atomic E-state index is 12.3. The van der Waals surface area contributed by atoms with Gasteiger partial charge >= 0.3 is 5.97 Å². The highest BCUT2D eigenvalue weighted by Gasteiger charge is 2.27. The summed E-state index contributed by atoms with van der Waals surface area (Å²) in [5, 5.41) is 0. The van der Waals surface area contributed by atoms with Crippen LogP contribution in [0.1, 0.15) is 102 Å². The minimum absolute atomic E-state index is 0.0944. The van der Waals surface area contributed by atoms with Crippen molar-refractivity contribution in [3.05, 3.63) is 48.1 Å². The lowest BCUT2D eigenvalue weighted by Gasteiger charge is -2.27. The molecule has 1 fully saturated rings. The minimum atomic E-state index is -0.0944. The Morgan fingerprint density at radius 2 is 1.72 bits per heavy atom. The molecule has 0 spiro atoms. The van der Waals surface area contributed by atoms with Gasteiger partial charge in [-0.15, -0.1) is 0 Å². The van der Waals surface area contributed by atoms with E-state index in [1.54, 1.807) is 0 Å². The molecule has 1 saturated heterocycles. The molecule has 2 aliphatic rings. The van der Waals surface area contributed by atoms with Crippen LogP contribution in [0, 0.1) is 0 Å². The molecule has 0 aliphatic carbocycles. The number of hydrogen-bond acceptors (Lipinski definition) is 4. The summed E-state index contributed by atoms with van der Waals surface area (Å²) in [7, 11) is 2.24. The van der Waals surface area contributed by atoms with E-state index in [1.807, 2.05) is 6.07 Å². The summed E-state index contributed by atoms with van der Waals surface area (Å²) < 4.78 is 5.66. The van der Waals surface area contributed by atoms with Crippen LogP contribution >= 0.6 is 0 Å². The van der Waals surface area contributed by atoms with E-state index in [0.29, 0.717) is 18.2 Å². The quantitative estimate of drug-likeness (QED) is 0.0955. The van der Waals surface area contributed by atoms with Gasteiger partial charge in [-0.25, -0.2) is 0 Å². The van der Waals surface area contributed by atoms with Crippen LogP contribution in [0.4, 0.5) is 5.69 Å². The second-order valence-electron chi connectivity index (χ2n) is 10.7. The van der Waals surface area contributed by atoms with Crippen LogP contribution in [0.25, 0.3) is 0 Å². The molecule has 1 atom stereocenters. The molecule has 2 aliphatic heterocycles.